The highest BCUT2D eigenvalue weighted by Gasteiger charge is 2.32. The van der Waals surface area contributed by atoms with Gasteiger partial charge in [0.15, 0.2) is 0 Å². The van der Waals surface area contributed by atoms with E-state index in [0.717, 1.165) is 25.7 Å². The summed E-state index contributed by atoms with van der Waals surface area (Å²) in [5.41, 5.74) is 0.474. The Morgan fingerprint density at radius 3 is 2.45 bits per heavy atom. The van der Waals surface area contributed by atoms with Gasteiger partial charge in [-0.15, -0.1) is 0 Å². The molecule has 1 aliphatic carbocycles. The fourth-order valence-corrected chi connectivity index (χ4v) is 4.92. The molecule has 0 amide bonds. The molecule has 0 unspecified atom stereocenters. The number of sulfonamides is 1. The fraction of sp³-hybridized carbons (Fsp3) is 0.600. The highest BCUT2D eigenvalue weighted by atomic mass is 32.2. The Kier molecular flexibility index (Phi) is 5.18. The highest BCUT2D eigenvalue weighted by Crippen LogP contribution is 2.28. The van der Waals surface area contributed by atoms with Crippen molar-refractivity contribution in [2.24, 2.45) is 0 Å². The fourth-order valence-electron chi connectivity index (χ4n) is 3.01. The summed E-state index contributed by atoms with van der Waals surface area (Å²) < 4.78 is 27.3. The summed E-state index contributed by atoms with van der Waals surface area (Å²) in [6.07, 6.45) is 5.26. The van der Waals surface area contributed by atoms with Gasteiger partial charge in [-0.3, -0.25) is 0 Å². The van der Waals surface area contributed by atoms with Gasteiger partial charge in [0, 0.05) is 12.6 Å². The Bertz CT molecular complexity index is 536. The topological polar surface area (TPSA) is 57.6 Å². The lowest BCUT2D eigenvalue weighted by Crippen LogP contribution is -2.41. The standard InChI is InChI=1S/C15H23NO3S/c1-2-16(14-9-4-3-5-10-14)20(18,19)15-11-7-6-8-13(15)12-17/h6-8,11,14,17H,2-5,9-10,12H2,1H3. The maximum absolute atomic E-state index is 12.9. The molecule has 5 heteroatoms. The molecule has 1 aliphatic rings. The largest absolute Gasteiger partial charge is 0.392 e. The van der Waals surface area contributed by atoms with Crippen LogP contribution in [-0.2, 0) is 16.6 Å². The van der Waals surface area contributed by atoms with Gasteiger partial charge in [-0.25, -0.2) is 8.42 Å². The van der Waals surface area contributed by atoms with Crippen LogP contribution in [0.1, 0.15) is 44.6 Å². The molecule has 0 aromatic heterocycles. The zero-order valence-corrected chi connectivity index (χ0v) is 12.8. The van der Waals surface area contributed by atoms with E-state index in [1.54, 1.807) is 28.6 Å². The lowest BCUT2D eigenvalue weighted by Gasteiger charge is -2.33. The van der Waals surface area contributed by atoms with E-state index in [4.69, 9.17) is 0 Å². The van der Waals surface area contributed by atoms with E-state index in [1.165, 1.54) is 6.42 Å². The van der Waals surface area contributed by atoms with Gasteiger partial charge in [-0.05, 0) is 24.5 Å². The first-order valence-electron chi connectivity index (χ1n) is 7.32. The molecule has 1 N–H and O–H groups in total. The summed E-state index contributed by atoms with van der Waals surface area (Å²) in [6, 6.07) is 6.82. The van der Waals surface area contributed by atoms with Crippen LogP contribution in [0.15, 0.2) is 29.2 Å². The third-order valence-electron chi connectivity index (χ3n) is 4.02. The average molecular weight is 297 g/mol. The number of aliphatic hydroxyl groups is 1. The maximum atomic E-state index is 12.9. The zero-order chi connectivity index (χ0) is 14.6. The molecule has 1 saturated carbocycles. The number of aliphatic hydroxyl groups excluding tert-OH is 1. The van der Waals surface area contributed by atoms with Crippen molar-refractivity contribution in [3.8, 4) is 0 Å². The second kappa shape index (κ2) is 6.70. The van der Waals surface area contributed by atoms with E-state index in [0.29, 0.717) is 12.1 Å². The molecule has 2 rings (SSSR count). The van der Waals surface area contributed by atoms with Crippen LogP contribution >= 0.6 is 0 Å². The minimum absolute atomic E-state index is 0.102. The zero-order valence-electron chi connectivity index (χ0n) is 12.0. The molecule has 0 bridgehead atoms. The Balaban J connectivity index is 2.35. The van der Waals surface area contributed by atoms with Crippen LogP contribution in [0.25, 0.3) is 0 Å². The number of rotatable bonds is 5. The molecule has 0 spiro atoms. The smallest absolute Gasteiger partial charge is 0.243 e. The van der Waals surface area contributed by atoms with Crippen LogP contribution < -0.4 is 0 Å². The van der Waals surface area contributed by atoms with E-state index in [9.17, 15) is 13.5 Å². The summed E-state index contributed by atoms with van der Waals surface area (Å²) in [5, 5.41) is 9.36. The predicted octanol–water partition coefficient (Wildman–Crippen LogP) is 2.52. The van der Waals surface area contributed by atoms with Crippen molar-refractivity contribution in [2.45, 2.75) is 56.6 Å². The van der Waals surface area contributed by atoms with Crippen molar-refractivity contribution >= 4 is 10.0 Å². The van der Waals surface area contributed by atoms with Crippen molar-refractivity contribution in [3.63, 3.8) is 0 Å². The summed E-state index contributed by atoms with van der Waals surface area (Å²) in [5.74, 6) is 0. The van der Waals surface area contributed by atoms with Crippen LogP contribution in [0.5, 0.6) is 0 Å². The van der Waals surface area contributed by atoms with E-state index in [2.05, 4.69) is 0 Å². The minimum Gasteiger partial charge on any atom is -0.392 e. The summed E-state index contributed by atoms with van der Waals surface area (Å²) >= 11 is 0. The average Bonchev–Trinajstić information content (AvgIpc) is 2.48. The van der Waals surface area contributed by atoms with Crippen LogP contribution in [0.3, 0.4) is 0 Å². The van der Waals surface area contributed by atoms with Gasteiger partial charge in [0.1, 0.15) is 0 Å². The quantitative estimate of drug-likeness (QED) is 0.908. The lowest BCUT2D eigenvalue weighted by atomic mass is 9.95. The summed E-state index contributed by atoms with van der Waals surface area (Å²) in [4.78, 5) is 0.245. The van der Waals surface area contributed by atoms with E-state index in [-0.39, 0.29) is 17.5 Å². The molecule has 0 radical (unpaired) electrons. The highest BCUT2D eigenvalue weighted by molar-refractivity contribution is 7.89. The third-order valence-corrected chi connectivity index (χ3v) is 6.15. The van der Waals surface area contributed by atoms with Crippen LogP contribution in [0, 0.1) is 0 Å². The van der Waals surface area contributed by atoms with Crippen LogP contribution in [-0.4, -0.2) is 30.4 Å². The minimum atomic E-state index is -3.52. The first kappa shape index (κ1) is 15.5. The second-order valence-corrected chi connectivity index (χ2v) is 7.13. The first-order chi connectivity index (χ1) is 9.61. The number of hydrogen-bond donors (Lipinski definition) is 1. The molecular weight excluding hydrogens is 274 g/mol. The van der Waals surface area contributed by atoms with Crippen molar-refractivity contribution in [2.75, 3.05) is 6.54 Å². The number of benzene rings is 1. The molecule has 0 heterocycles. The molecular formula is C15H23NO3S. The number of hydrogen-bond acceptors (Lipinski definition) is 3. The Morgan fingerprint density at radius 1 is 1.20 bits per heavy atom. The van der Waals surface area contributed by atoms with Gasteiger partial charge in [-0.1, -0.05) is 44.4 Å². The van der Waals surface area contributed by atoms with Crippen molar-refractivity contribution in [1.29, 1.82) is 0 Å². The van der Waals surface area contributed by atoms with E-state index < -0.39 is 10.0 Å². The Hall–Kier alpha value is -0.910. The SMILES string of the molecule is CCN(C1CCCCC1)S(=O)(=O)c1ccccc1CO. The normalized spacial score (nSPS) is 17.6. The molecule has 1 aromatic carbocycles. The predicted molar refractivity (Wildman–Crippen MR) is 78.8 cm³/mol. The Labute approximate surface area is 121 Å². The molecule has 1 aromatic rings. The van der Waals surface area contributed by atoms with Crippen molar-refractivity contribution in [1.82, 2.24) is 4.31 Å². The van der Waals surface area contributed by atoms with Gasteiger partial charge < -0.3 is 5.11 Å². The molecule has 20 heavy (non-hydrogen) atoms. The van der Waals surface area contributed by atoms with E-state index in [1.807, 2.05) is 6.92 Å². The molecule has 112 valence electrons. The summed E-state index contributed by atoms with van der Waals surface area (Å²) in [7, 11) is -3.52. The lowest BCUT2D eigenvalue weighted by molar-refractivity contribution is 0.258. The van der Waals surface area contributed by atoms with Gasteiger partial charge in [0.05, 0.1) is 11.5 Å². The van der Waals surface area contributed by atoms with Crippen molar-refractivity contribution < 1.29 is 13.5 Å². The Morgan fingerprint density at radius 2 is 1.85 bits per heavy atom. The van der Waals surface area contributed by atoms with Crippen LogP contribution in [0.4, 0.5) is 0 Å². The molecule has 0 saturated heterocycles. The first-order valence-corrected chi connectivity index (χ1v) is 8.76. The summed E-state index contributed by atoms with van der Waals surface area (Å²) in [6.45, 7) is 2.11. The molecule has 4 nitrogen and oxygen atoms in total. The van der Waals surface area contributed by atoms with Gasteiger partial charge >= 0.3 is 0 Å². The van der Waals surface area contributed by atoms with Gasteiger partial charge in [0.2, 0.25) is 10.0 Å². The third kappa shape index (κ3) is 3.05. The van der Waals surface area contributed by atoms with Crippen molar-refractivity contribution in [3.05, 3.63) is 29.8 Å². The molecule has 1 fully saturated rings. The van der Waals surface area contributed by atoms with E-state index >= 15 is 0 Å². The van der Waals surface area contributed by atoms with Crippen LogP contribution in [0.2, 0.25) is 0 Å². The van der Waals surface area contributed by atoms with Gasteiger partial charge in [0.25, 0.3) is 0 Å². The molecule has 0 aliphatic heterocycles. The second-order valence-electron chi connectivity index (χ2n) is 5.27. The maximum Gasteiger partial charge on any atom is 0.243 e. The molecule has 0 atom stereocenters. The monoisotopic (exact) mass is 297 g/mol. The number of nitrogens with zero attached hydrogens (tertiary/aromatic N) is 1. The van der Waals surface area contributed by atoms with Gasteiger partial charge in [-0.2, -0.15) is 4.31 Å².